The van der Waals surface area contributed by atoms with Gasteiger partial charge in [-0.15, -0.1) is 0 Å². The fourth-order valence-electron chi connectivity index (χ4n) is 3.59. The van der Waals surface area contributed by atoms with Gasteiger partial charge in [-0.3, -0.25) is 9.59 Å². The number of Topliss-reactive ketones (excluding diaryl/α,β-unsaturated/α-hetero) is 1. The zero-order valence-corrected chi connectivity index (χ0v) is 19.0. The number of hydrogen-bond donors (Lipinski definition) is 1. The molecule has 1 rings (SSSR count). The van der Waals surface area contributed by atoms with Crippen LogP contribution >= 0.6 is 0 Å². The molecule has 0 aliphatic carbocycles. The van der Waals surface area contributed by atoms with Gasteiger partial charge >= 0.3 is 5.97 Å². The highest BCUT2D eigenvalue weighted by Crippen LogP contribution is 2.18. The van der Waals surface area contributed by atoms with E-state index in [4.69, 9.17) is 14.3 Å². The number of unbranched alkanes of at least 4 members (excludes halogenated alkanes) is 15. The third kappa shape index (κ3) is 14.2. The third-order valence-corrected chi connectivity index (χ3v) is 5.41. The summed E-state index contributed by atoms with van der Waals surface area (Å²) in [5, 5.41) is 8.62. The van der Waals surface area contributed by atoms with Crippen molar-refractivity contribution < 1.29 is 23.8 Å². The second-order valence-electron chi connectivity index (χ2n) is 8.26. The first-order chi connectivity index (χ1) is 14.6. The molecule has 5 nitrogen and oxygen atoms in total. The summed E-state index contributed by atoms with van der Waals surface area (Å²) in [6, 6.07) is 3.04. The van der Waals surface area contributed by atoms with E-state index in [0.29, 0.717) is 6.61 Å². The number of hydrogen-bond acceptors (Lipinski definition) is 4. The summed E-state index contributed by atoms with van der Waals surface area (Å²) >= 11 is 0. The Hall–Kier alpha value is -1.78. The van der Waals surface area contributed by atoms with Gasteiger partial charge in [0.2, 0.25) is 5.78 Å². The van der Waals surface area contributed by atoms with Crippen molar-refractivity contribution in [1.29, 1.82) is 0 Å². The lowest BCUT2D eigenvalue weighted by Crippen LogP contribution is -2.05. The number of carboxylic acid groups (broad SMARTS) is 1. The summed E-state index contributed by atoms with van der Waals surface area (Å²) in [5.41, 5.74) is 0. The molecule has 0 amide bonds. The molecule has 1 aromatic heterocycles. The SMILES string of the molecule is CCCCCCCCCCCCCCCCCCOc1ccc(C(=O)CC(=O)O)o1. The van der Waals surface area contributed by atoms with Gasteiger partial charge in [-0.2, -0.15) is 0 Å². The van der Waals surface area contributed by atoms with Crippen LogP contribution in [0.3, 0.4) is 0 Å². The fourth-order valence-corrected chi connectivity index (χ4v) is 3.59. The number of rotatable bonds is 21. The van der Waals surface area contributed by atoms with Crippen LogP contribution < -0.4 is 4.74 Å². The second kappa shape index (κ2) is 18.0. The quantitative estimate of drug-likeness (QED) is 0.125. The predicted octanol–water partition coefficient (Wildman–Crippen LogP) is 7.58. The van der Waals surface area contributed by atoms with Crippen LogP contribution in [0, 0.1) is 0 Å². The van der Waals surface area contributed by atoms with E-state index in [0.717, 1.165) is 12.8 Å². The lowest BCUT2D eigenvalue weighted by Gasteiger charge is -2.04. The van der Waals surface area contributed by atoms with Crippen molar-refractivity contribution in [3.05, 3.63) is 17.9 Å². The molecule has 172 valence electrons. The van der Waals surface area contributed by atoms with Crippen molar-refractivity contribution in [3.63, 3.8) is 0 Å². The minimum atomic E-state index is -1.16. The minimum absolute atomic E-state index is 0.0411. The number of ether oxygens (including phenoxy) is 1. The smallest absolute Gasteiger partial charge is 0.311 e. The summed E-state index contributed by atoms with van der Waals surface area (Å²) in [6.07, 6.45) is 20.7. The number of carboxylic acids is 1. The first-order valence-corrected chi connectivity index (χ1v) is 12.1. The maximum atomic E-state index is 11.6. The van der Waals surface area contributed by atoms with Crippen LogP contribution in [0.25, 0.3) is 0 Å². The van der Waals surface area contributed by atoms with Crippen molar-refractivity contribution in [2.75, 3.05) is 6.61 Å². The molecule has 0 unspecified atom stereocenters. The van der Waals surface area contributed by atoms with Gasteiger partial charge in [0, 0.05) is 6.07 Å². The van der Waals surface area contributed by atoms with E-state index in [1.807, 2.05) is 0 Å². The molecule has 0 aromatic carbocycles. The van der Waals surface area contributed by atoms with Gasteiger partial charge in [0.05, 0.1) is 6.61 Å². The van der Waals surface area contributed by atoms with Crippen molar-refractivity contribution in [3.8, 4) is 5.95 Å². The van der Waals surface area contributed by atoms with Crippen LogP contribution in [0.4, 0.5) is 0 Å². The summed E-state index contributed by atoms with van der Waals surface area (Å²) < 4.78 is 10.7. The van der Waals surface area contributed by atoms with Crippen LogP contribution in [0.15, 0.2) is 16.5 Å². The lowest BCUT2D eigenvalue weighted by atomic mass is 10.0. The van der Waals surface area contributed by atoms with E-state index < -0.39 is 18.2 Å². The number of carbonyl (C=O) groups is 2. The molecule has 1 aromatic rings. The number of ketones is 1. The monoisotopic (exact) mass is 422 g/mol. The molecular formula is C25H42O5. The predicted molar refractivity (Wildman–Crippen MR) is 120 cm³/mol. The average molecular weight is 423 g/mol. The van der Waals surface area contributed by atoms with Gasteiger partial charge in [-0.25, -0.2) is 0 Å². The Kier molecular flexibility index (Phi) is 15.8. The maximum absolute atomic E-state index is 11.6. The molecule has 0 fully saturated rings. The average Bonchev–Trinajstić information content (AvgIpc) is 3.19. The van der Waals surface area contributed by atoms with E-state index in [9.17, 15) is 9.59 Å². The summed E-state index contributed by atoms with van der Waals surface area (Å²) in [6.45, 7) is 2.82. The zero-order chi connectivity index (χ0) is 21.9. The van der Waals surface area contributed by atoms with E-state index in [1.54, 1.807) is 6.07 Å². The molecule has 0 radical (unpaired) electrons. The highest BCUT2D eigenvalue weighted by atomic mass is 16.6. The van der Waals surface area contributed by atoms with Gasteiger partial charge in [-0.1, -0.05) is 103 Å². The van der Waals surface area contributed by atoms with E-state index in [-0.39, 0.29) is 11.7 Å². The molecule has 0 spiro atoms. The Morgan fingerprint density at radius 1 is 0.767 bits per heavy atom. The second-order valence-corrected chi connectivity index (χ2v) is 8.26. The first-order valence-electron chi connectivity index (χ1n) is 12.1. The molecule has 0 saturated carbocycles. The number of furan rings is 1. The van der Waals surface area contributed by atoms with Crippen LogP contribution in [0.5, 0.6) is 5.95 Å². The van der Waals surface area contributed by atoms with Crippen LogP contribution in [-0.4, -0.2) is 23.5 Å². The van der Waals surface area contributed by atoms with Crippen LogP contribution in [-0.2, 0) is 4.79 Å². The maximum Gasteiger partial charge on any atom is 0.311 e. The van der Waals surface area contributed by atoms with Gasteiger partial charge in [-0.05, 0) is 12.5 Å². The lowest BCUT2D eigenvalue weighted by molar-refractivity contribution is -0.135. The number of carbonyl (C=O) groups excluding carboxylic acids is 1. The summed E-state index contributed by atoms with van der Waals surface area (Å²) in [7, 11) is 0. The highest BCUT2D eigenvalue weighted by Gasteiger charge is 2.15. The molecule has 30 heavy (non-hydrogen) atoms. The van der Waals surface area contributed by atoms with Crippen LogP contribution in [0.1, 0.15) is 127 Å². The minimum Gasteiger partial charge on any atom is -0.481 e. The molecule has 1 N–H and O–H groups in total. The van der Waals surface area contributed by atoms with E-state index in [1.165, 1.54) is 96.0 Å². The largest absolute Gasteiger partial charge is 0.481 e. The third-order valence-electron chi connectivity index (χ3n) is 5.41. The Morgan fingerprint density at radius 3 is 1.70 bits per heavy atom. The molecular weight excluding hydrogens is 380 g/mol. The summed E-state index contributed by atoms with van der Waals surface area (Å²) in [5.74, 6) is -1.38. The van der Waals surface area contributed by atoms with Crippen molar-refractivity contribution in [2.24, 2.45) is 0 Å². The highest BCUT2D eigenvalue weighted by molar-refractivity contribution is 6.03. The molecule has 0 saturated heterocycles. The Labute approximate surface area is 182 Å². The van der Waals surface area contributed by atoms with Gasteiger partial charge in [0.15, 0.2) is 5.76 Å². The molecule has 0 aliphatic heterocycles. The molecule has 0 atom stereocenters. The van der Waals surface area contributed by atoms with E-state index in [2.05, 4.69) is 6.92 Å². The fraction of sp³-hybridized carbons (Fsp3) is 0.760. The Balaban J connectivity index is 1.84. The Morgan fingerprint density at radius 2 is 1.23 bits per heavy atom. The van der Waals surface area contributed by atoms with Gasteiger partial charge in [0.25, 0.3) is 5.95 Å². The molecule has 0 bridgehead atoms. The molecule has 1 heterocycles. The van der Waals surface area contributed by atoms with Crippen molar-refractivity contribution >= 4 is 11.8 Å². The standard InChI is InChI=1S/C25H42O5/c1-2-3-4-5-6-7-8-9-10-11-12-13-14-15-16-17-20-29-25-19-18-23(30-25)22(26)21-24(27)28/h18-19H,2-17,20-21H2,1H3,(H,27,28). The first kappa shape index (κ1) is 26.3. The van der Waals surface area contributed by atoms with Gasteiger partial charge in [0.1, 0.15) is 6.42 Å². The van der Waals surface area contributed by atoms with Gasteiger partial charge < -0.3 is 14.3 Å². The zero-order valence-electron chi connectivity index (χ0n) is 19.0. The van der Waals surface area contributed by atoms with E-state index >= 15 is 0 Å². The molecule has 0 aliphatic rings. The number of aliphatic carboxylic acids is 1. The molecule has 5 heteroatoms. The normalized spacial score (nSPS) is 11.0. The Bertz CT molecular complexity index is 564. The van der Waals surface area contributed by atoms with Crippen LogP contribution in [0.2, 0.25) is 0 Å². The van der Waals surface area contributed by atoms with Crippen molar-refractivity contribution in [2.45, 2.75) is 116 Å². The topological polar surface area (TPSA) is 76.7 Å². The summed E-state index contributed by atoms with van der Waals surface area (Å²) in [4.78, 5) is 22.1. The van der Waals surface area contributed by atoms with Crippen molar-refractivity contribution in [1.82, 2.24) is 0 Å².